The van der Waals surface area contributed by atoms with Crippen LogP contribution in [-0.2, 0) is 4.79 Å². The summed E-state index contributed by atoms with van der Waals surface area (Å²) in [6.45, 7) is 0. The van der Waals surface area contributed by atoms with E-state index < -0.39 is 12.0 Å². The zero-order valence-corrected chi connectivity index (χ0v) is 8.92. The molecule has 0 aliphatic heterocycles. The van der Waals surface area contributed by atoms with Crippen LogP contribution in [0.15, 0.2) is 24.5 Å². The van der Waals surface area contributed by atoms with E-state index in [-0.39, 0.29) is 31.2 Å². The Hall–Kier alpha value is -0.840. The molecular weight excluding hydrogens is 227 g/mol. The zero-order chi connectivity index (χ0) is 8.97. The molecule has 6 heteroatoms. The first-order valence-electron chi connectivity index (χ1n) is 3.57. The van der Waals surface area contributed by atoms with Gasteiger partial charge in [0.05, 0.1) is 6.42 Å². The molecule has 4 nitrogen and oxygen atoms in total. The quantitative estimate of drug-likeness (QED) is 0.835. The molecule has 0 aliphatic carbocycles. The summed E-state index contributed by atoms with van der Waals surface area (Å²) in [5.41, 5.74) is 6.33. The van der Waals surface area contributed by atoms with Gasteiger partial charge in [0.1, 0.15) is 0 Å². The van der Waals surface area contributed by atoms with Crippen LogP contribution in [0.1, 0.15) is 18.0 Å². The second-order valence-corrected chi connectivity index (χ2v) is 2.49. The van der Waals surface area contributed by atoms with Crippen LogP contribution in [0, 0.1) is 0 Å². The van der Waals surface area contributed by atoms with Crippen LogP contribution in [0.3, 0.4) is 0 Å². The Bertz CT molecular complexity index is 269. The summed E-state index contributed by atoms with van der Waals surface area (Å²) in [6.07, 6.45) is 3.14. The lowest BCUT2D eigenvalue weighted by atomic mass is 10.1. The highest BCUT2D eigenvalue weighted by molar-refractivity contribution is 5.85. The number of nitrogens with two attached hydrogens (primary N) is 1. The van der Waals surface area contributed by atoms with Crippen molar-refractivity contribution in [3.63, 3.8) is 0 Å². The van der Waals surface area contributed by atoms with Gasteiger partial charge in [0, 0.05) is 18.4 Å². The van der Waals surface area contributed by atoms with Gasteiger partial charge in [-0.05, 0) is 11.6 Å². The van der Waals surface area contributed by atoms with Crippen LogP contribution in [0.2, 0.25) is 0 Å². The van der Waals surface area contributed by atoms with Gasteiger partial charge in [-0.15, -0.1) is 24.8 Å². The summed E-state index contributed by atoms with van der Waals surface area (Å²) < 4.78 is 0. The van der Waals surface area contributed by atoms with Crippen molar-refractivity contribution in [2.24, 2.45) is 5.73 Å². The highest BCUT2D eigenvalue weighted by Gasteiger charge is 2.09. The first-order chi connectivity index (χ1) is 5.70. The monoisotopic (exact) mass is 238 g/mol. The van der Waals surface area contributed by atoms with Gasteiger partial charge in [0.2, 0.25) is 0 Å². The highest BCUT2D eigenvalue weighted by Crippen LogP contribution is 2.11. The van der Waals surface area contributed by atoms with E-state index in [9.17, 15) is 4.79 Å². The largest absolute Gasteiger partial charge is 0.481 e. The Balaban J connectivity index is 0. The molecule has 1 rings (SSSR count). The van der Waals surface area contributed by atoms with Gasteiger partial charge in [0.25, 0.3) is 0 Å². The second-order valence-electron chi connectivity index (χ2n) is 2.49. The van der Waals surface area contributed by atoms with Crippen LogP contribution in [0.4, 0.5) is 0 Å². The lowest BCUT2D eigenvalue weighted by molar-refractivity contribution is -0.137. The maximum Gasteiger partial charge on any atom is 0.305 e. The Morgan fingerprint density at radius 1 is 1.57 bits per heavy atom. The molecule has 0 saturated heterocycles. The van der Waals surface area contributed by atoms with Crippen LogP contribution >= 0.6 is 24.8 Å². The van der Waals surface area contributed by atoms with E-state index >= 15 is 0 Å². The van der Waals surface area contributed by atoms with Crippen LogP contribution in [0.25, 0.3) is 0 Å². The number of rotatable bonds is 3. The number of aliphatic carboxylic acids is 1. The predicted molar refractivity (Wildman–Crippen MR) is 57.9 cm³/mol. The first kappa shape index (κ1) is 15.6. The van der Waals surface area contributed by atoms with Gasteiger partial charge in [-0.1, -0.05) is 6.07 Å². The van der Waals surface area contributed by atoms with Crippen molar-refractivity contribution < 1.29 is 9.90 Å². The number of nitrogens with zero attached hydrogens (tertiary/aromatic N) is 1. The molecule has 1 aromatic heterocycles. The lowest BCUT2D eigenvalue weighted by Crippen LogP contribution is -2.14. The van der Waals surface area contributed by atoms with E-state index in [1.165, 1.54) is 0 Å². The van der Waals surface area contributed by atoms with Crippen molar-refractivity contribution in [2.45, 2.75) is 12.5 Å². The number of hydrogen-bond donors (Lipinski definition) is 2. The molecule has 1 heterocycles. The molecule has 0 aromatic carbocycles. The molecule has 0 radical (unpaired) electrons. The van der Waals surface area contributed by atoms with Crippen molar-refractivity contribution in [2.75, 3.05) is 0 Å². The average Bonchev–Trinajstić information content (AvgIpc) is 2.05. The Labute approximate surface area is 94.3 Å². The molecule has 0 fully saturated rings. The third-order valence-corrected chi connectivity index (χ3v) is 1.51. The topological polar surface area (TPSA) is 76.2 Å². The third kappa shape index (κ3) is 5.01. The standard InChI is InChI=1S/C8H10N2O2.2ClH/c9-7(4-8(11)12)6-2-1-3-10-5-6;;/h1-3,5,7H,4,9H2,(H,11,12);2*1H/t7-;;/m1../s1. The smallest absolute Gasteiger partial charge is 0.305 e. The van der Waals surface area contributed by atoms with E-state index in [1.54, 1.807) is 24.5 Å². The van der Waals surface area contributed by atoms with Crippen molar-refractivity contribution in [3.05, 3.63) is 30.1 Å². The molecule has 1 aromatic rings. The SMILES string of the molecule is Cl.Cl.N[C@H](CC(=O)O)c1cccnc1. The van der Waals surface area contributed by atoms with E-state index in [4.69, 9.17) is 10.8 Å². The normalized spacial score (nSPS) is 10.6. The Kier molecular flexibility index (Phi) is 8.43. The maximum absolute atomic E-state index is 10.3. The van der Waals surface area contributed by atoms with Crippen molar-refractivity contribution in [1.29, 1.82) is 0 Å². The fraction of sp³-hybridized carbons (Fsp3) is 0.250. The Morgan fingerprint density at radius 2 is 2.21 bits per heavy atom. The predicted octanol–water partition coefficient (Wildman–Crippen LogP) is 1.40. The maximum atomic E-state index is 10.3. The fourth-order valence-electron chi connectivity index (χ4n) is 0.901. The van der Waals surface area contributed by atoms with Gasteiger partial charge in [-0.3, -0.25) is 9.78 Å². The number of carbonyl (C=O) groups is 1. The van der Waals surface area contributed by atoms with E-state index in [0.29, 0.717) is 0 Å². The van der Waals surface area contributed by atoms with Crippen LogP contribution in [-0.4, -0.2) is 16.1 Å². The summed E-state index contributed by atoms with van der Waals surface area (Å²) in [4.78, 5) is 14.1. The summed E-state index contributed by atoms with van der Waals surface area (Å²) in [5, 5.41) is 8.44. The minimum atomic E-state index is -0.897. The summed E-state index contributed by atoms with van der Waals surface area (Å²) >= 11 is 0. The first-order valence-corrected chi connectivity index (χ1v) is 3.57. The third-order valence-electron chi connectivity index (χ3n) is 1.51. The van der Waals surface area contributed by atoms with Gasteiger partial charge >= 0.3 is 5.97 Å². The van der Waals surface area contributed by atoms with Crippen molar-refractivity contribution >= 4 is 30.8 Å². The van der Waals surface area contributed by atoms with E-state index in [1.807, 2.05) is 0 Å². The number of halogens is 2. The lowest BCUT2D eigenvalue weighted by Gasteiger charge is -2.07. The number of carboxylic acids is 1. The Morgan fingerprint density at radius 3 is 2.64 bits per heavy atom. The zero-order valence-electron chi connectivity index (χ0n) is 7.29. The van der Waals surface area contributed by atoms with Crippen LogP contribution in [0.5, 0.6) is 0 Å². The highest BCUT2D eigenvalue weighted by atomic mass is 35.5. The van der Waals surface area contributed by atoms with Crippen molar-refractivity contribution in [3.8, 4) is 0 Å². The second kappa shape index (κ2) is 7.55. The molecule has 0 unspecified atom stereocenters. The molecule has 0 saturated carbocycles. The summed E-state index contributed by atoms with van der Waals surface area (Å²) in [6, 6.07) is 3.04. The molecule has 0 aliphatic rings. The molecule has 80 valence electrons. The number of aromatic nitrogens is 1. The van der Waals surface area contributed by atoms with Gasteiger partial charge < -0.3 is 10.8 Å². The van der Waals surface area contributed by atoms with E-state index in [0.717, 1.165) is 5.56 Å². The number of pyridine rings is 1. The minimum Gasteiger partial charge on any atom is -0.481 e. The minimum absolute atomic E-state index is 0. The summed E-state index contributed by atoms with van der Waals surface area (Å²) in [7, 11) is 0. The van der Waals surface area contributed by atoms with Gasteiger partial charge in [0.15, 0.2) is 0 Å². The van der Waals surface area contributed by atoms with E-state index in [2.05, 4.69) is 4.98 Å². The van der Waals surface area contributed by atoms with Gasteiger partial charge in [-0.2, -0.15) is 0 Å². The molecule has 14 heavy (non-hydrogen) atoms. The molecule has 3 N–H and O–H groups in total. The molecule has 1 atom stereocenters. The van der Waals surface area contributed by atoms with Crippen molar-refractivity contribution in [1.82, 2.24) is 4.98 Å². The molecule has 0 bridgehead atoms. The summed E-state index contributed by atoms with van der Waals surface area (Å²) in [5.74, 6) is -0.897. The van der Waals surface area contributed by atoms with Crippen LogP contribution < -0.4 is 5.73 Å². The number of hydrogen-bond acceptors (Lipinski definition) is 3. The molecule has 0 amide bonds. The molecule has 0 spiro atoms. The molecular formula is C8H12Cl2N2O2. The fourth-order valence-corrected chi connectivity index (χ4v) is 0.901. The number of carboxylic acid groups (broad SMARTS) is 1. The average molecular weight is 239 g/mol. The van der Waals surface area contributed by atoms with Gasteiger partial charge in [-0.25, -0.2) is 0 Å².